The molecule has 0 saturated heterocycles. The van der Waals surface area contributed by atoms with E-state index in [2.05, 4.69) is 0 Å². The van der Waals surface area contributed by atoms with E-state index in [-0.39, 0.29) is 6.42 Å². The van der Waals surface area contributed by atoms with Crippen LogP contribution in [0, 0.1) is 0 Å². The molecule has 0 saturated carbocycles. The van der Waals surface area contributed by atoms with Crippen LogP contribution >= 0.6 is 0 Å². The second kappa shape index (κ2) is 4.77. The monoisotopic (exact) mass is 245 g/mol. The molecule has 4 N–H and O–H groups in total. The molecule has 6 heteroatoms. The summed E-state index contributed by atoms with van der Waals surface area (Å²) in [6.45, 7) is 0. The summed E-state index contributed by atoms with van der Waals surface area (Å²) >= 11 is 0. The Morgan fingerprint density at radius 2 is 1.82 bits per heavy atom. The van der Waals surface area contributed by atoms with Crippen molar-refractivity contribution in [3.05, 3.63) is 35.9 Å². The highest BCUT2D eigenvalue weighted by molar-refractivity contribution is 5.76. The molecule has 1 aromatic carbocycles. The van der Waals surface area contributed by atoms with Gasteiger partial charge in [0.1, 0.15) is 0 Å². The summed E-state index contributed by atoms with van der Waals surface area (Å²) in [7, 11) is 0. The van der Waals surface area contributed by atoms with Crippen LogP contribution in [0.4, 0.5) is 8.78 Å². The summed E-state index contributed by atoms with van der Waals surface area (Å²) in [6, 6.07) is 8.52. The zero-order chi connectivity index (χ0) is 13.1. The molecule has 0 amide bonds. The Labute approximate surface area is 96.7 Å². The van der Waals surface area contributed by atoms with E-state index in [4.69, 9.17) is 10.8 Å². The van der Waals surface area contributed by atoms with E-state index in [1.165, 1.54) is 0 Å². The lowest BCUT2D eigenvalue weighted by Crippen LogP contribution is -2.60. The summed E-state index contributed by atoms with van der Waals surface area (Å²) < 4.78 is 26.1. The zero-order valence-corrected chi connectivity index (χ0v) is 8.94. The summed E-state index contributed by atoms with van der Waals surface area (Å²) in [4.78, 5) is 10.3. The van der Waals surface area contributed by atoms with Crippen LogP contribution in [0.2, 0.25) is 0 Å². The standard InChI is InChI=1S/C11H13F2NO3/c12-11(13,9(15)16)10(14,17)7-6-8-4-2-1-3-5-8/h1-5,17H,6-7,14H2,(H,15,16)/t10-/m1/s1. The van der Waals surface area contributed by atoms with Crippen LogP contribution in [-0.4, -0.2) is 27.8 Å². The van der Waals surface area contributed by atoms with Crippen molar-refractivity contribution in [1.82, 2.24) is 0 Å². The molecule has 0 aliphatic carbocycles. The predicted molar refractivity (Wildman–Crippen MR) is 56.5 cm³/mol. The lowest BCUT2D eigenvalue weighted by Gasteiger charge is -2.28. The molecular weight excluding hydrogens is 232 g/mol. The first-order chi connectivity index (χ1) is 7.77. The SMILES string of the molecule is N[C@@](O)(CCc1ccccc1)C(F)(F)C(=O)O. The highest BCUT2D eigenvalue weighted by Crippen LogP contribution is 2.28. The number of carboxylic acids is 1. The fourth-order valence-electron chi connectivity index (χ4n) is 1.32. The van der Waals surface area contributed by atoms with Gasteiger partial charge in [-0.3, -0.25) is 5.73 Å². The number of aliphatic carboxylic acids is 1. The second-order valence-electron chi connectivity index (χ2n) is 3.79. The number of alkyl halides is 2. The van der Waals surface area contributed by atoms with E-state index in [0.717, 1.165) is 0 Å². The van der Waals surface area contributed by atoms with Crippen molar-refractivity contribution < 1.29 is 23.8 Å². The molecule has 0 fully saturated rings. The summed E-state index contributed by atoms with van der Waals surface area (Å²) in [5.41, 5.74) is 2.60. The molecule has 0 radical (unpaired) electrons. The first-order valence-electron chi connectivity index (χ1n) is 4.94. The van der Waals surface area contributed by atoms with Crippen molar-refractivity contribution in [2.45, 2.75) is 24.5 Å². The molecule has 1 rings (SSSR count). The maximum Gasteiger partial charge on any atom is 0.383 e. The molecule has 0 heterocycles. The zero-order valence-electron chi connectivity index (χ0n) is 8.94. The van der Waals surface area contributed by atoms with E-state index >= 15 is 0 Å². The molecule has 0 aliphatic heterocycles. The minimum atomic E-state index is -4.37. The molecule has 1 aromatic rings. The first-order valence-corrected chi connectivity index (χ1v) is 4.94. The predicted octanol–water partition coefficient (Wildman–Crippen LogP) is 0.986. The molecule has 4 nitrogen and oxygen atoms in total. The Balaban J connectivity index is 2.71. The van der Waals surface area contributed by atoms with Crippen LogP contribution in [0.25, 0.3) is 0 Å². The molecule has 0 unspecified atom stereocenters. The lowest BCUT2D eigenvalue weighted by molar-refractivity contribution is -0.208. The van der Waals surface area contributed by atoms with Crippen molar-refractivity contribution in [2.24, 2.45) is 5.73 Å². The second-order valence-corrected chi connectivity index (χ2v) is 3.79. The van der Waals surface area contributed by atoms with Gasteiger partial charge in [0.05, 0.1) is 0 Å². The number of halogens is 2. The third kappa shape index (κ3) is 2.98. The van der Waals surface area contributed by atoms with E-state index in [0.29, 0.717) is 5.56 Å². The van der Waals surface area contributed by atoms with Gasteiger partial charge in [0, 0.05) is 6.42 Å². The molecule has 17 heavy (non-hydrogen) atoms. The van der Waals surface area contributed by atoms with Crippen molar-refractivity contribution >= 4 is 5.97 Å². The van der Waals surface area contributed by atoms with Gasteiger partial charge < -0.3 is 10.2 Å². The third-order valence-electron chi connectivity index (χ3n) is 2.45. The third-order valence-corrected chi connectivity index (χ3v) is 2.45. The van der Waals surface area contributed by atoms with Crippen LogP contribution in [0.1, 0.15) is 12.0 Å². The van der Waals surface area contributed by atoms with Crippen LogP contribution in [0.5, 0.6) is 0 Å². The molecule has 0 bridgehead atoms. The number of carboxylic acid groups (broad SMARTS) is 1. The van der Waals surface area contributed by atoms with E-state index in [1.807, 2.05) is 0 Å². The number of aryl methyl sites for hydroxylation is 1. The number of rotatable bonds is 5. The normalized spacial score (nSPS) is 15.3. The van der Waals surface area contributed by atoms with Gasteiger partial charge in [-0.25, -0.2) is 4.79 Å². The fraction of sp³-hybridized carbons (Fsp3) is 0.364. The van der Waals surface area contributed by atoms with Gasteiger partial charge in [-0.2, -0.15) is 8.78 Å². The largest absolute Gasteiger partial charge is 0.477 e. The van der Waals surface area contributed by atoms with Gasteiger partial charge in [-0.1, -0.05) is 30.3 Å². The average molecular weight is 245 g/mol. The smallest absolute Gasteiger partial charge is 0.383 e. The van der Waals surface area contributed by atoms with Gasteiger partial charge in [0.15, 0.2) is 5.72 Å². The molecular formula is C11H13F2NO3. The Kier molecular flexibility index (Phi) is 3.79. The van der Waals surface area contributed by atoms with Gasteiger partial charge >= 0.3 is 11.9 Å². The average Bonchev–Trinajstić information content (AvgIpc) is 2.27. The first kappa shape index (κ1) is 13.5. The highest BCUT2D eigenvalue weighted by atomic mass is 19.3. The van der Waals surface area contributed by atoms with Crippen molar-refractivity contribution in [2.75, 3.05) is 0 Å². The van der Waals surface area contributed by atoms with Gasteiger partial charge in [0.2, 0.25) is 0 Å². The lowest BCUT2D eigenvalue weighted by atomic mass is 9.97. The Bertz CT molecular complexity index is 393. The van der Waals surface area contributed by atoms with Crippen LogP contribution in [0.3, 0.4) is 0 Å². The molecule has 0 aliphatic rings. The van der Waals surface area contributed by atoms with Crippen LogP contribution in [0.15, 0.2) is 30.3 Å². The quantitative estimate of drug-likeness (QED) is 0.675. The van der Waals surface area contributed by atoms with E-state index in [9.17, 15) is 18.7 Å². The number of hydrogen-bond acceptors (Lipinski definition) is 3. The van der Waals surface area contributed by atoms with Crippen LogP contribution in [-0.2, 0) is 11.2 Å². The summed E-state index contributed by atoms with van der Waals surface area (Å²) in [6.07, 6.45) is -0.479. The van der Waals surface area contributed by atoms with Crippen molar-refractivity contribution in [3.63, 3.8) is 0 Å². The van der Waals surface area contributed by atoms with Gasteiger partial charge in [-0.05, 0) is 12.0 Å². The minimum absolute atomic E-state index is 0.0662. The maximum absolute atomic E-state index is 13.1. The van der Waals surface area contributed by atoms with E-state index < -0.39 is 24.0 Å². The van der Waals surface area contributed by atoms with Gasteiger partial charge in [0.25, 0.3) is 0 Å². The highest BCUT2D eigenvalue weighted by Gasteiger charge is 2.56. The summed E-state index contributed by atoms with van der Waals surface area (Å²) in [5, 5.41) is 17.6. The van der Waals surface area contributed by atoms with E-state index in [1.54, 1.807) is 30.3 Å². The molecule has 1 atom stereocenters. The number of nitrogens with two attached hydrogens (primary N) is 1. The van der Waals surface area contributed by atoms with Crippen molar-refractivity contribution in [3.8, 4) is 0 Å². The van der Waals surface area contributed by atoms with Gasteiger partial charge in [-0.15, -0.1) is 0 Å². The molecule has 94 valence electrons. The number of aliphatic hydroxyl groups is 1. The molecule has 0 spiro atoms. The summed E-state index contributed by atoms with van der Waals surface area (Å²) in [5.74, 6) is -6.81. The molecule has 0 aromatic heterocycles. The minimum Gasteiger partial charge on any atom is -0.477 e. The Morgan fingerprint density at radius 3 is 2.29 bits per heavy atom. The Morgan fingerprint density at radius 1 is 1.29 bits per heavy atom. The number of hydrogen-bond donors (Lipinski definition) is 3. The number of carbonyl (C=O) groups is 1. The van der Waals surface area contributed by atoms with Crippen molar-refractivity contribution in [1.29, 1.82) is 0 Å². The maximum atomic E-state index is 13.1. The Hall–Kier alpha value is -1.53. The number of benzene rings is 1. The fourth-order valence-corrected chi connectivity index (χ4v) is 1.32. The topological polar surface area (TPSA) is 83.5 Å². The van der Waals surface area contributed by atoms with Crippen LogP contribution < -0.4 is 5.73 Å².